The molecule has 2 heterocycles. The normalized spacial score (nSPS) is 40.2. The quantitative estimate of drug-likeness (QED) is 0.718. The van der Waals surface area contributed by atoms with E-state index in [9.17, 15) is 19.1 Å². The Morgan fingerprint density at radius 3 is 2.62 bits per heavy atom. The van der Waals surface area contributed by atoms with Crippen molar-refractivity contribution in [3.8, 4) is 0 Å². The maximum absolute atomic E-state index is 14.2. The minimum atomic E-state index is -0.931. The monoisotopic (exact) mass is 402 g/mol. The molecular weight excluding hydrogens is 375 g/mol. The van der Waals surface area contributed by atoms with Crippen LogP contribution >= 0.6 is 0 Å². The zero-order valence-electron chi connectivity index (χ0n) is 16.3. The van der Waals surface area contributed by atoms with Crippen LogP contribution in [-0.4, -0.2) is 45.6 Å². The van der Waals surface area contributed by atoms with E-state index in [1.807, 2.05) is 0 Å². The summed E-state index contributed by atoms with van der Waals surface area (Å²) in [7, 11) is 0. The number of nitrogens with two attached hydrogens (primary N) is 1. The molecule has 1 aliphatic heterocycles. The number of aromatic nitrogens is 1. The van der Waals surface area contributed by atoms with Gasteiger partial charge in [0.2, 0.25) is 5.91 Å². The van der Waals surface area contributed by atoms with E-state index >= 15 is 0 Å². The van der Waals surface area contributed by atoms with E-state index in [1.165, 1.54) is 23.2 Å². The molecule has 4 aliphatic carbocycles. The highest BCUT2D eigenvalue weighted by Crippen LogP contribution is 2.63. The van der Waals surface area contributed by atoms with Gasteiger partial charge in [-0.3, -0.25) is 4.79 Å². The minimum Gasteiger partial charge on any atom is -0.465 e. The number of nitrogens with one attached hydrogen (secondary N) is 1. The first-order chi connectivity index (χ1) is 13.9. The highest BCUT2D eigenvalue weighted by molar-refractivity contribution is 5.81. The summed E-state index contributed by atoms with van der Waals surface area (Å²) in [6.07, 6.45) is 5.69. The van der Waals surface area contributed by atoms with E-state index in [0.29, 0.717) is 18.9 Å². The van der Waals surface area contributed by atoms with E-state index in [-0.39, 0.29) is 41.6 Å². The summed E-state index contributed by atoms with van der Waals surface area (Å²) < 4.78 is 14.2. The molecule has 7 nitrogen and oxygen atoms in total. The van der Waals surface area contributed by atoms with Crippen LogP contribution in [0.1, 0.15) is 38.5 Å². The molecule has 0 radical (unpaired) electrons. The van der Waals surface area contributed by atoms with Crippen LogP contribution < -0.4 is 11.1 Å². The van der Waals surface area contributed by atoms with Crippen molar-refractivity contribution in [2.24, 2.45) is 34.8 Å². The van der Waals surface area contributed by atoms with Crippen molar-refractivity contribution in [3.63, 3.8) is 0 Å². The van der Waals surface area contributed by atoms with Gasteiger partial charge >= 0.3 is 6.09 Å². The number of pyridine rings is 1. The van der Waals surface area contributed by atoms with Gasteiger partial charge in [0.1, 0.15) is 0 Å². The Morgan fingerprint density at radius 1 is 1.28 bits per heavy atom. The van der Waals surface area contributed by atoms with E-state index in [2.05, 4.69) is 10.3 Å². The molecule has 7 atom stereocenters. The largest absolute Gasteiger partial charge is 0.465 e. The molecule has 2 amide bonds. The molecule has 8 heteroatoms. The maximum Gasteiger partial charge on any atom is 0.407 e. The Bertz CT molecular complexity index is 833. The number of likely N-dealkylation sites (tertiary alicyclic amines) is 1. The molecule has 5 aliphatic rings. The second kappa shape index (κ2) is 6.57. The molecule has 5 unspecified atom stereocenters. The van der Waals surface area contributed by atoms with Crippen LogP contribution in [0.2, 0.25) is 0 Å². The predicted octanol–water partition coefficient (Wildman–Crippen LogP) is 2.68. The van der Waals surface area contributed by atoms with Gasteiger partial charge in [-0.1, -0.05) is 0 Å². The van der Waals surface area contributed by atoms with Gasteiger partial charge in [-0.05, 0) is 74.3 Å². The Labute approximate surface area is 168 Å². The topological polar surface area (TPSA) is 109 Å². The Kier molecular flexibility index (Phi) is 4.22. The van der Waals surface area contributed by atoms with E-state index in [0.717, 1.165) is 32.1 Å². The van der Waals surface area contributed by atoms with Crippen LogP contribution in [0.25, 0.3) is 0 Å². The second-order valence-corrected chi connectivity index (χ2v) is 9.53. The highest BCUT2D eigenvalue weighted by Gasteiger charge is 2.61. The van der Waals surface area contributed by atoms with Crippen molar-refractivity contribution in [1.82, 2.24) is 9.88 Å². The molecule has 29 heavy (non-hydrogen) atoms. The first-order valence-electron chi connectivity index (χ1n) is 10.5. The third-order valence-electron chi connectivity index (χ3n) is 8.04. The lowest BCUT2D eigenvalue weighted by Crippen LogP contribution is -2.61. The standard InChI is InChI=1S/C21H27FN4O3/c22-14-2-1-4-24-18(14)25-15-3-5-26(20(28)29)17(15)16-12-6-11-7-13(16)10-21(8-11,9-12)19(23)27/h1-2,4,11-13,15-17H,3,5-10H2,(H2,23,27)(H,24,25)(H,28,29)/t11?,12-,13?,15?,16?,17-,21?/m0/s1. The van der Waals surface area contributed by atoms with Crippen molar-refractivity contribution in [3.05, 3.63) is 24.1 Å². The van der Waals surface area contributed by atoms with Crippen molar-refractivity contribution < 1.29 is 19.1 Å². The van der Waals surface area contributed by atoms with Gasteiger partial charge in [-0.25, -0.2) is 14.2 Å². The SMILES string of the molecule is NC(=O)C12CC3CC(C1)C([C@@H]1C(Nc4ncccc4F)CCN1C(=O)O)[C@@H](C3)C2. The average molecular weight is 402 g/mol. The molecule has 4 bridgehead atoms. The van der Waals surface area contributed by atoms with Crippen molar-refractivity contribution in [1.29, 1.82) is 0 Å². The first kappa shape index (κ1) is 18.6. The number of carboxylic acid groups (broad SMARTS) is 1. The van der Waals surface area contributed by atoms with Crippen LogP contribution in [0.15, 0.2) is 18.3 Å². The van der Waals surface area contributed by atoms with Gasteiger partial charge in [0.25, 0.3) is 0 Å². The fourth-order valence-corrected chi connectivity index (χ4v) is 7.26. The molecule has 6 rings (SSSR count). The zero-order valence-corrected chi connectivity index (χ0v) is 16.3. The number of halogens is 1. The summed E-state index contributed by atoms with van der Waals surface area (Å²) in [5.74, 6) is 0.803. The fourth-order valence-electron chi connectivity index (χ4n) is 7.26. The molecule has 5 fully saturated rings. The summed E-state index contributed by atoms with van der Waals surface area (Å²) in [5, 5.41) is 13.1. The number of carbonyl (C=O) groups is 2. The minimum absolute atomic E-state index is 0.168. The zero-order chi connectivity index (χ0) is 20.3. The van der Waals surface area contributed by atoms with Crippen molar-refractivity contribution >= 4 is 17.8 Å². The number of primary amides is 1. The number of nitrogens with zero attached hydrogens (tertiary/aromatic N) is 2. The lowest BCUT2D eigenvalue weighted by molar-refractivity contribution is -0.154. The second-order valence-electron chi connectivity index (χ2n) is 9.53. The van der Waals surface area contributed by atoms with Gasteiger partial charge in [-0.15, -0.1) is 0 Å². The Morgan fingerprint density at radius 2 is 2.00 bits per heavy atom. The number of carbonyl (C=O) groups excluding carboxylic acids is 1. The molecule has 1 aromatic heterocycles. The highest BCUT2D eigenvalue weighted by atomic mass is 19.1. The maximum atomic E-state index is 14.2. The van der Waals surface area contributed by atoms with Gasteiger partial charge in [0, 0.05) is 18.2 Å². The Balaban J connectivity index is 1.46. The predicted molar refractivity (Wildman–Crippen MR) is 103 cm³/mol. The lowest BCUT2D eigenvalue weighted by atomic mass is 9.44. The molecule has 1 aromatic rings. The summed E-state index contributed by atoms with van der Waals surface area (Å²) in [4.78, 5) is 29.9. The van der Waals surface area contributed by atoms with Crippen molar-refractivity contribution in [2.75, 3.05) is 11.9 Å². The molecule has 4 saturated carbocycles. The summed E-state index contributed by atoms with van der Waals surface area (Å²) in [6, 6.07) is 2.46. The van der Waals surface area contributed by atoms with Crippen LogP contribution in [0, 0.1) is 34.9 Å². The Hall–Kier alpha value is -2.38. The molecule has 0 aromatic carbocycles. The smallest absolute Gasteiger partial charge is 0.407 e. The number of hydrogen-bond donors (Lipinski definition) is 3. The number of rotatable bonds is 4. The average Bonchev–Trinajstić information content (AvgIpc) is 3.06. The molecule has 4 N–H and O–H groups in total. The molecule has 156 valence electrons. The summed E-state index contributed by atoms with van der Waals surface area (Å²) >= 11 is 0. The molecule has 1 saturated heterocycles. The van der Waals surface area contributed by atoms with E-state index in [4.69, 9.17) is 5.73 Å². The van der Waals surface area contributed by atoms with Gasteiger partial charge in [0.15, 0.2) is 11.6 Å². The lowest BCUT2D eigenvalue weighted by Gasteiger charge is -2.61. The van der Waals surface area contributed by atoms with Gasteiger partial charge in [-0.2, -0.15) is 0 Å². The number of hydrogen-bond acceptors (Lipinski definition) is 4. The van der Waals surface area contributed by atoms with Crippen LogP contribution in [-0.2, 0) is 4.79 Å². The van der Waals surface area contributed by atoms with Gasteiger partial charge in [0.05, 0.1) is 12.1 Å². The van der Waals surface area contributed by atoms with E-state index in [1.54, 1.807) is 0 Å². The first-order valence-corrected chi connectivity index (χ1v) is 10.5. The van der Waals surface area contributed by atoms with Crippen LogP contribution in [0.4, 0.5) is 15.0 Å². The third kappa shape index (κ3) is 2.87. The molecular formula is C21H27FN4O3. The molecule has 0 spiro atoms. The van der Waals surface area contributed by atoms with E-state index < -0.39 is 17.3 Å². The van der Waals surface area contributed by atoms with Crippen LogP contribution in [0.5, 0.6) is 0 Å². The summed E-state index contributed by atoms with van der Waals surface area (Å²) in [5.41, 5.74) is 5.40. The number of anilines is 1. The fraction of sp³-hybridized carbons (Fsp3) is 0.667. The van der Waals surface area contributed by atoms with Crippen LogP contribution in [0.3, 0.4) is 0 Å². The third-order valence-corrected chi connectivity index (χ3v) is 8.04. The number of amides is 2. The summed E-state index contributed by atoms with van der Waals surface area (Å²) in [6.45, 7) is 0.423. The van der Waals surface area contributed by atoms with Gasteiger partial charge < -0.3 is 21.1 Å². The van der Waals surface area contributed by atoms with Crippen molar-refractivity contribution in [2.45, 2.75) is 50.6 Å².